The number of rotatable bonds is 5. The molecule has 0 saturated carbocycles. The Morgan fingerprint density at radius 3 is 3.00 bits per heavy atom. The van der Waals surface area contributed by atoms with Crippen LogP contribution in [-0.2, 0) is 12.8 Å². The van der Waals surface area contributed by atoms with Crippen LogP contribution >= 0.6 is 22.6 Å². The lowest BCUT2D eigenvalue weighted by Gasteiger charge is -2.34. The fourth-order valence-corrected chi connectivity index (χ4v) is 3.15. The SMILES string of the molecule is CCCN(C/C=C/I)[C@H]1CCc2cc(O)ccc2C1. The van der Waals surface area contributed by atoms with Gasteiger partial charge in [-0.05, 0) is 59.6 Å². The summed E-state index contributed by atoms with van der Waals surface area (Å²) in [5.74, 6) is 0.399. The van der Waals surface area contributed by atoms with Crippen LogP contribution in [0.2, 0.25) is 0 Å². The summed E-state index contributed by atoms with van der Waals surface area (Å²) in [5, 5.41) is 9.54. The molecule has 3 heteroatoms. The van der Waals surface area contributed by atoms with E-state index in [0.29, 0.717) is 11.8 Å². The van der Waals surface area contributed by atoms with E-state index < -0.39 is 0 Å². The Bertz CT molecular complexity index is 444. The van der Waals surface area contributed by atoms with Crippen LogP contribution in [0.15, 0.2) is 28.4 Å². The highest BCUT2D eigenvalue weighted by Gasteiger charge is 2.23. The van der Waals surface area contributed by atoms with Crippen molar-refractivity contribution >= 4 is 22.6 Å². The van der Waals surface area contributed by atoms with Crippen LogP contribution in [0.3, 0.4) is 0 Å². The third-order valence-electron chi connectivity index (χ3n) is 3.85. The molecular formula is C16H22INO. The molecule has 1 atom stereocenters. The molecule has 0 radical (unpaired) electrons. The summed E-state index contributed by atoms with van der Waals surface area (Å²) in [6, 6.07) is 6.48. The molecule has 2 rings (SSSR count). The molecule has 1 aromatic rings. The monoisotopic (exact) mass is 371 g/mol. The largest absolute Gasteiger partial charge is 0.508 e. The number of nitrogens with zero attached hydrogens (tertiary/aromatic N) is 1. The first-order valence-corrected chi connectivity index (χ1v) is 8.29. The third kappa shape index (κ3) is 3.96. The molecule has 0 aromatic heterocycles. The van der Waals surface area contributed by atoms with E-state index in [2.05, 4.69) is 50.6 Å². The van der Waals surface area contributed by atoms with Crippen molar-refractivity contribution in [3.8, 4) is 5.75 Å². The highest BCUT2D eigenvalue weighted by Crippen LogP contribution is 2.27. The molecule has 2 nitrogen and oxygen atoms in total. The zero-order chi connectivity index (χ0) is 13.7. The summed E-state index contributed by atoms with van der Waals surface area (Å²) < 4.78 is 2.11. The molecule has 0 fully saturated rings. The molecule has 1 aliphatic rings. The molecular weight excluding hydrogens is 349 g/mol. The maximum atomic E-state index is 9.54. The maximum absolute atomic E-state index is 9.54. The first-order valence-electron chi connectivity index (χ1n) is 7.04. The zero-order valence-corrected chi connectivity index (χ0v) is 13.6. The molecule has 0 spiro atoms. The second-order valence-electron chi connectivity index (χ2n) is 5.21. The summed E-state index contributed by atoms with van der Waals surface area (Å²) in [5.41, 5.74) is 2.74. The van der Waals surface area contributed by atoms with Crippen molar-refractivity contribution in [3.63, 3.8) is 0 Å². The van der Waals surface area contributed by atoms with Gasteiger partial charge in [-0.3, -0.25) is 4.90 Å². The molecule has 1 N–H and O–H groups in total. The van der Waals surface area contributed by atoms with Gasteiger partial charge in [0, 0.05) is 12.6 Å². The Morgan fingerprint density at radius 2 is 2.26 bits per heavy atom. The molecule has 1 aliphatic carbocycles. The second kappa shape index (κ2) is 7.29. The highest BCUT2D eigenvalue weighted by atomic mass is 127. The van der Waals surface area contributed by atoms with E-state index in [1.807, 2.05) is 12.1 Å². The molecule has 0 unspecified atom stereocenters. The van der Waals surface area contributed by atoms with Crippen LogP contribution in [-0.4, -0.2) is 29.1 Å². The van der Waals surface area contributed by atoms with Gasteiger partial charge in [0.05, 0.1) is 0 Å². The summed E-state index contributed by atoms with van der Waals surface area (Å²) in [6.07, 6.45) is 6.84. The molecule has 1 aromatic carbocycles. The average Bonchev–Trinajstić information content (AvgIpc) is 2.43. The normalized spacial score (nSPS) is 19.0. The lowest BCUT2D eigenvalue weighted by atomic mass is 9.87. The van der Waals surface area contributed by atoms with Crippen molar-refractivity contribution in [2.45, 2.75) is 38.6 Å². The van der Waals surface area contributed by atoms with E-state index in [4.69, 9.17) is 0 Å². The van der Waals surface area contributed by atoms with Crippen molar-refractivity contribution in [2.24, 2.45) is 0 Å². The van der Waals surface area contributed by atoms with Gasteiger partial charge in [0.2, 0.25) is 0 Å². The minimum Gasteiger partial charge on any atom is -0.508 e. The summed E-state index contributed by atoms with van der Waals surface area (Å²) in [4.78, 5) is 2.59. The second-order valence-corrected chi connectivity index (χ2v) is 5.93. The Hall–Kier alpha value is -0.550. The van der Waals surface area contributed by atoms with E-state index in [1.165, 1.54) is 30.5 Å². The number of aromatic hydroxyl groups is 1. The lowest BCUT2D eigenvalue weighted by Crippen LogP contribution is -2.39. The standard InChI is InChI=1S/C16H22INO/c1-2-9-18(10-3-8-17)15-6-4-14-12-16(19)7-5-13(14)11-15/h3,5,7-8,12,15,19H,2,4,6,9-11H2,1H3/b8-3+/t15-/m0/s1. The van der Waals surface area contributed by atoms with Gasteiger partial charge in [-0.1, -0.05) is 41.7 Å². The van der Waals surface area contributed by atoms with Crippen LogP contribution in [0.25, 0.3) is 0 Å². The van der Waals surface area contributed by atoms with Gasteiger partial charge in [-0.15, -0.1) is 0 Å². The average molecular weight is 371 g/mol. The van der Waals surface area contributed by atoms with Gasteiger partial charge in [0.1, 0.15) is 5.75 Å². The molecule has 104 valence electrons. The van der Waals surface area contributed by atoms with Gasteiger partial charge in [0.25, 0.3) is 0 Å². The number of hydrogen-bond donors (Lipinski definition) is 1. The molecule has 0 aliphatic heterocycles. The summed E-state index contributed by atoms with van der Waals surface area (Å²) >= 11 is 2.29. The Morgan fingerprint density at radius 1 is 1.42 bits per heavy atom. The van der Waals surface area contributed by atoms with Crippen molar-refractivity contribution in [1.82, 2.24) is 4.90 Å². The van der Waals surface area contributed by atoms with E-state index in [0.717, 1.165) is 19.4 Å². The number of benzene rings is 1. The van der Waals surface area contributed by atoms with Crippen molar-refractivity contribution in [2.75, 3.05) is 13.1 Å². The van der Waals surface area contributed by atoms with Crippen molar-refractivity contribution in [1.29, 1.82) is 0 Å². The third-order valence-corrected chi connectivity index (χ3v) is 4.36. The zero-order valence-electron chi connectivity index (χ0n) is 11.5. The fraction of sp³-hybridized carbons (Fsp3) is 0.500. The first kappa shape index (κ1) is 14.9. The van der Waals surface area contributed by atoms with Gasteiger partial charge in [-0.2, -0.15) is 0 Å². The van der Waals surface area contributed by atoms with Gasteiger partial charge >= 0.3 is 0 Å². The van der Waals surface area contributed by atoms with Gasteiger partial charge in [0.15, 0.2) is 0 Å². The number of aryl methyl sites for hydroxylation is 1. The minimum atomic E-state index is 0.399. The van der Waals surface area contributed by atoms with Crippen LogP contribution in [0, 0.1) is 0 Å². The van der Waals surface area contributed by atoms with Crippen molar-refractivity contribution < 1.29 is 5.11 Å². The van der Waals surface area contributed by atoms with E-state index in [1.54, 1.807) is 0 Å². The molecule has 19 heavy (non-hydrogen) atoms. The highest BCUT2D eigenvalue weighted by molar-refractivity contribution is 14.1. The van der Waals surface area contributed by atoms with Crippen molar-refractivity contribution in [3.05, 3.63) is 39.5 Å². The molecule has 0 bridgehead atoms. The number of halogens is 1. The number of phenols is 1. The van der Waals surface area contributed by atoms with Crippen LogP contribution < -0.4 is 0 Å². The topological polar surface area (TPSA) is 23.5 Å². The molecule has 0 amide bonds. The maximum Gasteiger partial charge on any atom is 0.115 e. The van der Waals surface area contributed by atoms with Gasteiger partial charge < -0.3 is 5.11 Å². The summed E-state index contributed by atoms with van der Waals surface area (Å²) in [7, 11) is 0. The van der Waals surface area contributed by atoms with Gasteiger partial charge in [-0.25, -0.2) is 0 Å². The smallest absolute Gasteiger partial charge is 0.115 e. The lowest BCUT2D eigenvalue weighted by molar-refractivity contribution is 0.199. The number of fused-ring (bicyclic) bond motifs is 1. The fourth-order valence-electron chi connectivity index (χ4n) is 2.92. The van der Waals surface area contributed by atoms with Crippen LogP contribution in [0.5, 0.6) is 5.75 Å². The van der Waals surface area contributed by atoms with E-state index >= 15 is 0 Å². The predicted molar refractivity (Wildman–Crippen MR) is 88.9 cm³/mol. The Labute approximate surface area is 129 Å². The van der Waals surface area contributed by atoms with E-state index in [-0.39, 0.29) is 0 Å². The van der Waals surface area contributed by atoms with Crippen LogP contribution in [0.1, 0.15) is 30.9 Å². The number of hydrogen-bond acceptors (Lipinski definition) is 2. The minimum absolute atomic E-state index is 0.399. The molecule has 0 saturated heterocycles. The van der Waals surface area contributed by atoms with E-state index in [9.17, 15) is 5.11 Å². The molecule has 0 heterocycles. The number of phenolic OH excluding ortho intramolecular Hbond substituents is 1. The Balaban J connectivity index is 2.08. The summed E-state index contributed by atoms with van der Waals surface area (Å²) in [6.45, 7) is 4.46. The first-order chi connectivity index (χ1) is 9.24. The van der Waals surface area contributed by atoms with Crippen LogP contribution in [0.4, 0.5) is 0 Å². The predicted octanol–water partition coefficient (Wildman–Crippen LogP) is 3.91. The quantitative estimate of drug-likeness (QED) is 0.794. The Kier molecular flexibility index (Phi) is 5.70.